The van der Waals surface area contributed by atoms with Gasteiger partial charge in [-0.15, -0.1) is 0 Å². The lowest BCUT2D eigenvalue weighted by atomic mass is 9.97. The summed E-state index contributed by atoms with van der Waals surface area (Å²) in [7, 11) is 0. The summed E-state index contributed by atoms with van der Waals surface area (Å²) in [4.78, 5) is 39.0. The molecule has 0 radical (unpaired) electrons. The molecule has 18 nitrogen and oxygen atoms in total. The summed E-state index contributed by atoms with van der Waals surface area (Å²) in [5.74, 6) is 0.422. The Balaban J connectivity index is 0.818. The van der Waals surface area contributed by atoms with E-state index in [4.69, 9.17) is 49.4 Å². The summed E-state index contributed by atoms with van der Waals surface area (Å²) in [6.07, 6.45) is 2.98. The number of carbonyl (C=O) groups is 2. The number of rotatable bonds is 25. The number of fused-ring (bicyclic) bond motifs is 3. The molecule has 18 heteroatoms. The van der Waals surface area contributed by atoms with Crippen LogP contribution in [0.1, 0.15) is 36.5 Å². The molecule has 2 amide bonds. The van der Waals surface area contributed by atoms with Gasteiger partial charge in [0.25, 0.3) is 6.01 Å². The van der Waals surface area contributed by atoms with Crippen molar-refractivity contribution in [3.63, 3.8) is 0 Å². The van der Waals surface area contributed by atoms with Crippen molar-refractivity contribution in [1.82, 2.24) is 34.9 Å². The predicted molar refractivity (Wildman–Crippen MR) is 215 cm³/mol. The van der Waals surface area contributed by atoms with Crippen LogP contribution in [0.2, 0.25) is 0 Å². The molecule has 5 aromatic rings. The molecule has 0 atom stereocenters. The lowest BCUT2D eigenvalue weighted by molar-refractivity contribution is -0.133. The van der Waals surface area contributed by atoms with Gasteiger partial charge in [0.05, 0.1) is 97.6 Å². The van der Waals surface area contributed by atoms with Gasteiger partial charge in [-0.2, -0.15) is 10.1 Å². The Labute approximate surface area is 336 Å². The molecule has 0 saturated heterocycles. The lowest BCUT2D eigenvalue weighted by Crippen LogP contribution is -2.36. The van der Waals surface area contributed by atoms with Crippen LogP contribution >= 0.6 is 0 Å². The molecule has 58 heavy (non-hydrogen) atoms. The molecule has 0 aliphatic carbocycles. The van der Waals surface area contributed by atoms with E-state index < -0.39 is 0 Å². The zero-order chi connectivity index (χ0) is 40.5. The molecule has 0 saturated carbocycles. The molecular weight excluding hydrogens is 750 g/mol. The first-order valence-electron chi connectivity index (χ1n) is 19.6. The zero-order valence-corrected chi connectivity index (χ0v) is 33.0. The standard InChI is InChI=1S/C40H53N9O9/c1-2-34(50)43-9-12-53-14-16-55-18-20-57-22-21-56-19-17-54-15-13-52-11-8-35(51)48-10-7-29-23-28(3-4-31(29)26-48)25-49-39-36(38(41)44-27-45-39)37(47-49)30-5-6-33-32(24-30)46-40(42)58-33/h3-6,23-24,27H,2,7-22,25-26H2,1H3,(H2,42,46)(H,43,50)(H2,41,44,45). The first-order chi connectivity index (χ1) is 28.4. The number of oxazole rings is 1. The van der Waals surface area contributed by atoms with Gasteiger partial charge in [-0.3, -0.25) is 9.59 Å². The van der Waals surface area contributed by atoms with Crippen LogP contribution in [-0.4, -0.2) is 134 Å². The van der Waals surface area contributed by atoms with Gasteiger partial charge in [0, 0.05) is 31.6 Å². The Bertz CT molecular complexity index is 2090. The van der Waals surface area contributed by atoms with E-state index in [0.717, 1.165) is 23.1 Å². The lowest BCUT2D eigenvalue weighted by Gasteiger charge is -2.29. The normalized spacial score (nSPS) is 12.7. The molecule has 0 spiro atoms. The molecule has 0 unspecified atom stereocenters. The number of nitrogen functional groups attached to an aromatic ring is 2. The second-order valence-corrected chi connectivity index (χ2v) is 13.5. The van der Waals surface area contributed by atoms with Gasteiger partial charge in [0.15, 0.2) is 11.2 Å². The molecule has 1 aliphatic rings. The molecule has 2 aromatic carbocycles. The van der Waals surface area contributed by atoms with E-state index >= 15 is 0 Å². The fourth-order valence-corrected chi connectivity index (χ4v) is 6.43. The molecule has 5 N–H and O–H groups in total. The van der Waals surface area contributed by atoms with E-state index in [1.165, 1.54) is 11.9 Å². The average molecular weight is 804 g/mol. The number of amides is 2. The second-order valence-electron chi connectivity index (χ2n) is 13.5. The SMILES string of the molecule is CCC(=O)NCCOCCOCCOCCOCCOCCOCCC(=O)N1CCc2cc(Cn3nc(-c4ccc5oc(N)nc5c4)c4c(N)ncnc43)ccc2C1. The van der Waals surface area contributed by atoms with Gasteiger partial charge in [-0.05, 0) is 41.3 Å². The minimum absolute atomic E-state index is 0.0172. The van der Waals surface area contributed by atoms with Crippen molar-refractivity contribution < 1.29 is 42.4 Å². The van der Waals surface area contributed by atoms with Crippen molar-refractivity contribution in [3.05, 3.63) is 59.4 Å². The topological polar surface area (TPSA) is 226 Å². The van der Waals surface area contributed by atoms with Gasteiger partial charge < -0.3 is 54.5 Å². The summed E-state index contributed by atoms with van der Waals surface area (Å²) in [6, 6.07) is 12.0. The first kappa shape index (κ1) is 42.4. The van der Waals surface area contributed by atoms with E-state index in [-0.39, 0.29) is 17.8 Å². The number of ether oxygens (including phenoxy) is 6. The zero-order valence-electron chi connectivity index (χ0n) is 33.0. The van der Waals surface area contributed by atoms with Crippen LogP contribution < -0.4 is 16.8 Å². The third-order valence-electron chi connectivity index (χ3n) is 9.41. The summed E-state index contributed by atoms with van der Waals surface area (Å²) >= 11 is 0. The summed E-state index contributed by atoms with van der Waals surface area (Å²) in [6.45, 7) is 9.35. The van der Waals surface area contributed by atoms with Crippen LogP contribution in [0.25, 0.3) is 33.4 Å². The van der Waals surface area contributed by atoms with Gasteiger partial charge >= 0.3 is 0 Å². The number of benzene rings is 2. The number of nitrogens with two attached hydrogens (primary N) is 2. The molecule has 0 fully saturated rings. The van der Waals surface area contributed by atoms with Crippen molar-refractivity contribution in [1.29, 1.82) is 0 Å². The number of aromatic nitrogens is 5. The highest BCUT2D eigenvalue weighted by molar-refractivity contribution is 5.99. The minimum Gasteiger partial charge on any atom is -0.424 e. The third kappa shape index (κ3) is 12.1. The van der Waals surface area contributed by atoms with Crippen molar-refractivity contribution in [3.8, 4) is 11.3 Å². The van der Waals surface area contributed by atoms with Gasteiger partial charge in [0.1, 0.15) is 23.4 Å². The number of nitrogens with one attached hydrogen (secondary N) is 1. The summed E-state index contributed by atoms with van der Waals surface area (Å²) in [5.41, 5.74) is 18.8. The van der Waals surface area contributed by atoms with Crippen molar-refractivity contribution >= 4 is 45.8 Å². The van der Waals surface area contributed by atoms with Crippen LogP contribution in [0.15, 0.2) is 47.1 Å². The fraction of sp³-hybridized carbons (Fsp3) is 0.500. The van der Waals surface area contributed by atoms with Crippen LogP contribution in [0.5, 0.6) is 0 Å². The number of nitrogens with zero attached hydrogens (tertiary/aromatic N) is 6. The molecule has 312 valence electrons. The smallest absolute Gasteiger partial charge is 0.292 e. The summed E-state index contributed by atoms with van der Waals surface area (Å²) < 4.78 is 40.3. The van der Waals surface area contributed by atoms with Crippen molar-refractivity contribution in [2.24, 2.45) is 0 Å². The molecule has 3 aromatic heterocycles. The van der Waals surface area contributed by atoms with Crippen molar-refractivity contribution in [2.75, 3.05) is 104 Å². The van der Waals surface area contributed by atoms with Gasteiger partial charge in [-0.25, -0.2) is 14.6 Å². The Morgan fingerprint density at radius 1 is 0.810 bits per heavy atom. The molecule has 0 bridgehead atoms. The summed E-state index contributed by atoms with van der Waals surface area (Å²) in [5, 5.41) is 8.33. The molecular formula is C40H53N9O9. The largest absolute Gasteiger partial charge is 0.424 e. The van der Waals surface area contributed by atoms with E-state index in [0.29, 0.717) is 152 Å². The van der Waals surface area contributed by atoms with Crippen LogP contribution in [0, 0.1) is 0 Å². The Hall–Kier alpha value is -5.24. The van der Waals surface area contributed by atoms with E-state index in [1.54, 1.807) is 6.07 Å². The Kier molecular flexibility index (Phi) is 16.1. The number of carbonyl (C=O) groups excluding carboxylic acids is 2. The highest BCUT2D eigenvalue weighted by Gasteiger charge is 2.22. The predicted octanol–water partition coefficient (Wildman–Crippen LogP) is 2.75. The molecule has 4 heterocycles. The number of anilines is 2. The number of hydrogen-bond donors (Lipinski definition) is 3. The highest BCUT2D eigenvalue weighted by atomic mass is 16.6. The van der Waals surface area contributed by atoms with Crippen LogP contribution in [0.4, 0.5) is 11.8 Å². The molecule has 1 aliphatic heterocycles. The van der Waals surface area contributed by atoms with E-state index in [9.17, 15) is 9.59 Å². The van der Waals surface area contributed by atoms with Crippen LogP contribution in [0.3, 0.4) is 0 Å². The maximum atomic E-state index is 13.0. The van der Waals surface area contributed by atoms with E-state index in [1.807, 2.05) is 28.6 Å². The Morgan fingerprint density at radius 3 is 2.17 bits per heavy atom. The van der Waals surface area contributed by atoms with Crippen molar-refractivity contribution in [2.45, 2.75) is 39.3 Å². The molecule has 6 rings (SSSR count). The third-order valence-corrected chi connectivity index (χ3v) is 9.41. The minimum atomic E-state index is 0.0172. The fourth-order valence-electron chi connectivity index (χ4n) is 6.43. The second kappa shape index (κ2) is 22.1. The number of hydrogen-bond acceptors (Lipinski definition) is 15. The maximum absolute atomic E-state index is 13.0. The first-order valence-corrected chi connectivity index (χ1v) is 19.6. The maximum Gasteiger partial charge on any atom is 0.292 e. The monoisotopic (exact) mass is 803 g/mol. The van der Waals surface area contributed by atoms with Gasteiger partial charge in [-0.1, -0.05) is 25.1 Å². The van der Waals surface area contributed by atoms with E-state index in [2.05, 4.69) is 38.5 Å². The highest BCUT2D eigenvalue weighted by Crippen LogP contribution is 2.33. The van der Waals surface area contributed by atoms with Crippen LogP contribution in [-0.2, 0) is 57.5 Å². The van der Waals surface area contributed by atoms with Gasteiger partial charge in [0.2, 0.25) is 11.8 Å². The quantitative estimate of drug-likeness (QED) is 0.0721. The Morgan fingerprint density at radius 2 is 1.48 bits per heavy atom. The average Bonchev–Trinajstić information content (AvgIpc) is 3.80.